The first kappa shape index (κ1) is 34.9. The average Bonchev–Trinajstić information content (AvgIpc) is 3.03. The van der Waals surface area contributed by atoms with E-state index < -0.39 is 28.5 Å². The Morgan fingerprint density at radius 3 is 2.15 bits per heavy atom. The van der Waals surface area contributed by atoms with Crippen molar-refractivity contribution in [2.24, 2.45) is 0 Å². The highest BCUT2D eigenvalue weighted by molar-refractivity contribution is 9.10. The highest BCUT2D eigenvalue weighted by atomic mass is 79.9. The molecule has 46 heavy (non-hydrogen) atoms. The summed E-state index contributed by atoms with van der Waals surface area (Å²) in [6, 6.07) is 28.1. The molecule has 4 rings (SSSR count). The molecular formula is C37H42BrN3O4S. The van der Waals surface area contributed by atoms with Crippen LogP contribution in [0, 0.1) is 20.8 Å². The van der Waals surface area contributed by atoms with E-state index in [-0.39, 0.29) is 29.8 Å². The van der Waals surface area contributed by atoms with Crippen LogP contribution in [-0.2, 0) is 32.6 Å². The van der Waals surface area contributed by atoms with Gasteiger partial charge in [-0.1, -0.05) is 95.1 Å². The van der Waals surface area contributed by atoms with Gasteiger partial charge in [-0.3, -0.25) is 13.9 Å². The molecule has 0 aliphatic rings. The third kappa shape index (κ3) is 8.65. The Bertz CT molecular complexity index is 1760. The number of rotatable bonds is 13. The summed E-state index contributed by atoms with van der Waals surface area (Å²) in [6.45, 7) is 9.18. The van der Waals surface area contributed by atoms with Gasteiger partial charge in [-0.25, -0.2) is 8.42 Å². The highest BCUT2D eigenvalue weighted by Gasteiger charge is 2.35. The number of aryl methyl sites for hydroxylation is 2. The van der Waals surface area contributed by atoms with Crippen molar-refractivity contribution in [2.75, 3.05) is 10.8 Å². The minimum absolute atomic E-state index is 0.0840. The van der Waals surface area contributed by atoms with Crippen molar-refractivity contribution in [2.45, 2.75) is 71.0 Å². The summed E-state index contributed by atoms with van der Waals surface area (Å²) >= 11 is 3.52. The normalized spacial score (nSPS) is 12.7. The van der Waals surface area contributed by atoms with Crippen LogP contribution in [0.25, 0.3) is 0 Å². The fraction of sp³-hybridized carbons (Fsp3) is 0.297. The molecule has 0 aromatic heterocycles. The van der Waals surface area contributed by atoms with Gasteiger partial charge in [-0.2, -0.15) is 0 Å². The Morgan fingerprint density at radius 1 is 0.848 bits per heavy atom. The molecule has 1 N–H and O–H groups in total. The molecule has 0 bridgehead atoms. The molecule has 242 valence electrons. The van der Waals surface area contributed by atoms with Gasteiger partial charge in [0.1, 0.15) is 12.6 Å². The molecule has 4 aromatic rings. The van der Waals surface area contributed by atoms with Crippen molar-refractivity contribution >= 4 is 43.5 Å². The second-order valence-corrected chi connectivity index (χ2v) is 14.5. The van der Waals surface area contributed by atoms with Crippen molar-refractivity contribution in [3.05, 3.63) is 129 Å². The largest absolute Gasteiger partial charge is 0.352 e. The number of nitrogens with one attached hydrogen (secondary N) is 1. The lowest BCUT2D eigenvalue weighted by Crippen LogP contribution is -2.54. The number of carbonyl (C=O) groups is 2. The molecule has 0 fully saturated rings. The third-order valence-electron chi connectivity index (χ3n) is 8.25. The maximum absolute atomic E-state index is 14.7. The van der Waals surface area contributed by atoms with E-state index in [9.17, 15) is 18.0 Å². The minimum Gasteiger partial charge on any atom is -0.352 e. The zero-order valence-corrected chi connectivity index (χ0v) is 29.4. The quantitative estimate of drug-likeness (QED) is 0.161. The lowest BCUT2D eigenvalue weighted by atomic mass is 10.0. The molecule has 0 heterocycles. The number of halogens is 1. The molecule has 0 aliphatic heterocycles. The first-order valence-corrected chi connectivity index (χ1v) is 17.7. The van der Waals surface area contributed by atoms with Gasteiger partial charge in [-0.05, 0) is 86.7 Å². The fourth-order valence-corrected chi connectivity index (χ4v) is 7.10. The van der Waals surface area contributed by atoms with Crippen LogP contribution in [0.3, 0.4) is 0 Å². The van der Waals surface area contributed by atoms with Gasteiger partial charge in [-0.15, -0.1) is 0 Å². The molecule has 0 saturated carbocycles. The highest BCUT2D eigenvalue weighted by Crippen LogP contribution is 2.29. The van der Waals surface area contributed by atoms with E-state index >= 15 is 0 Å². The minimum atomic E-state index is -4.17. The Labute approximate surface area is 281 Å². The molecule has 0 spiro atoms. The average molecular weight is 705 g/mol. The summed E-state index contributed by atoms with van der Waals surface area (Å²) in [7, 11) is -4.17. The van der Waals surface area contributed by atoms with Crippen molar-refractivity contribution in [1.29, 1.82) is 0 Å². The number of benzene rings is 4. The van der Waals surface area contributed by atoms with Crippen LogP contribution in [0.4, 0.5) is 5.69 Å². The second kappa shape index (κ2) is 15.6. The first-order valence-electron chi connectivity index (χ1n) is 15.4. The summed E-state index contributed by atoms with van der Waals surface area (Å²) in [5.41, 5.74) is 4.67. The van der Waals surface area contributed by atoms with Gasteiger partial charge in [0.05, 0.1) is 10.6 Å². The van der Waals surface area contributed by atoms with Gasteiger partial charge in [0.15, 0.2) is 0 Å². The number of carbonyl (C=O) groups excluding carboxylic acids is 2. The van der Waals surface area contributed by atoms with Crippen LogP contribution < -0.4 is 9.62 Å². The van der Waals surface area contributed by atoms with Crippen LogP contribution in [0.1, 0.15) is 48.1 Å². The molecule has 0 radical (unpaired) electrons. The van der Waals surface area contributed by atoms with Crippen LogP contribution in [-0.4, -0.2) is 43.8 Å². The van der Waals surface area contributed by atoms with E-state index in [1.165, 1.54) is 9.21 Å². The number of sulfonamides is 1. The van der Waals surface area contributed by atoms with E-state index in [4.69, 9.17) is 0 Å². The molecule has 2 amide bonds. The summed E-state index contributed by atoms with van der Waals surface area (Å²) in [6.07, 6.45) is 0.982. The maximum Gasteiger partial charge on any atom is 0.264 e. The third-order valence-corrected chi connectivity index (χ3v) is 10.5. The van der Waals surface area contributed by atoms with E-state index in [1.54, 1.807) is 36.4 Å². The predicted molar refractivity (Wildman–Crippen MR) is 188 cm³/mol. The van der Waals surface area contributed by atoms with Crippen molar-refractivity contribution in [3.8, 4) is 0 Å². The molecule has 0 saturated heterocycles. The molecule has 0 aliphatic carbocycles. The second-order valence-electron chi connectivity index (χ2n) is 11.7. The van der Waals surface area contributed by atoms with Crippen LogP contribution in [0.5, 0.6) is 0 Å². The number of hydrogen-bond donors (Lipinski definition) is 1. The number of amides is 2. The van der Waals surface area contributed by atoms with Gasteiger partial charge < -0.3 is 10.2 Å². The van der Waals surface area contributed by atoms with Crippen LogP contribution >= 0.6 is 15.9 Å². The van der Waals surface area contributed by atoms with Gasteiger partial charge in [0, 0.05) is 23.5 Å². The Balaban J connectivity index is 1.84. The van der Waals surface area contributed by atoms with Gasteiger partial charge in [0.25, 0.3) is 10.0 Å². The van der Waals surface area contributed by atoms with Crippen molar-refractivity contribution in [1.82, 2.24) is 10.2 Å². The van der Waals surface area contributed by atoms with E-state index in [2.05, 4.69) is 21.2 Å². The molecule has 0 unspecified atom stereocenters. The zero-order valence-electron chi connectivity index (χ0n) is 27.0. The summed E-state index contributed by atoms with van der Waals surface area (Å²) in [5, 5.41) is 3.07. The Morgan fingerprint density at radius 2 is 1.50 bits per heavy atom. The summed E-state index contributed by atoms with van der Waals surface area (Å²) in [4.78, 5) is 30.2. The Hall–Kier alpha value is -3.95. The first-order chi connectivity index (χ1) is 21.9. The van der Waals surface area contributed by atoms with E-state index in [0.717, 1.165) is 38.7 Å². The fourth-order valence-electron chi connectivity index (χ4n) is 5.18. The zero-order chi connectivity index (χ0) is 33.4. The van der Waals surface area contributed by atoms with Crippen LogP contribution in [0.2, 0.25) is 0 Å². The SMILES string of the molecule is CC[C@H](C)NC(=O)[C@@H](Cc1ccccc1)N(Cc1cccc(Br)c1)C(=O)CN(c1cccc(C)c1C)S(=O)(=O)c1ccc(C)cc1. The standard InChI is InChI=1S/C37H42BrN3O4S/c1-6-28(4)39-37(43)35(23-30-13-8-7-9-14-30)40(24-31-15-11-16-32(38)22-31)36(42)25-41(34-17-10-12-27(3)29(34)5)46(44,45)33-20-18-26(2)19-21-33/h7-22,28,35H,6,23-25H2,1-5H3,(H,39,43)/t28-,35+/m0/s1. The molecule has 7 nitrogen and oxygen atoms in total. The number of anilines is 1. The van der Waals surface area contributed by atoms with E-state index in [0.29, 0.717) is 5.69 Å². The molecular weight excluding hydrogens is 662 g/mol. The molecule has 4 aromatic carbocycles. The smallest absolute Gasteiger partial charge is 0.264 e. The summed E-state index contributed by atoms with van der Waals surface area (Å²) in [5.74, 6) is -0.780. The maximum atomic E-state index is 14.7. The van der Waals surface area contributed by atoms with E-state index in [1.807, 2.05) is 95.3 Å². The van der Waals surface area contributed by atoms with Gasteiger partial charge in [0.2, 0.25) is 11.8 Å². The predicted octanol–water partition coefficient (Wildman–Crippen LogP) is 7.12. The van der Waals surface area contributed by atoms with Crippen molar-refractivity contribution < 1.29 is 18.0 Å². The Kier molecular flexibility index (Phi) is 11.8. The monoisotopic (exact) mass is 703 g/mol. The molecule has 9 heteroatoms. The number of nitrogens with zero attached hydrogens (tertiary/aromatic N) is 2. The lowest BCUT2D eigenvalue weighted by Gasteiger charge is -2.34. The lowest BCUT2D eigenvalue weighted by molar-refractivity contribution is -0.140. The summed E-state index contributed by atoms with van der Waals surface area (Å²) < 4.78 is 30.7. The number of hydrogen-bond acceptors (Lipinski definition) is 4. The molecule has 2 atom stereocenters. The van der Waals surface area contributed by atoms with Gasteiger partial charge >= 0.3 is 0 Å². The topological polar surface area (TPSA) is 86.8 Å². The van der Waals surface area contributed by atoms with Crippen LogP contribution in [0.15, 0.2) is 106 Å². The van der Waals surface area contributed by atoms with Crippen molar-refractivity contribution in [3.63, 3.8) is 0 Å².